The van der Waals surface area contributed by atoms with E-state index in [1.807, 2.05) is 27.0 Å². The lowest BCUT2D eigenvalue weighted by atomic mass is 10.1. The van der Waals surface area contributed by atoms with Crippen LogP contribution in [0.25, 0.3) is 0 Å². The maximum absolute atomic E-state index is 5.73. The van der Waals surface area contributed by atoms with E-state index >= 15 is 0 Å². The molecule has 0 aliphatic rings. The zero-order valence-electron chi connectivity index (χ0n) is 10.3. The second kappa shape index (κ2) is 6.06. The second-order valence-electron chi connectivity index (χ2n) is 3.98. The zero-order chi connectivity index (χ0) is 12.1. The van der Waals surface area contributed by atoms with E-state index in [4.69, 9.17) is 16.3 Å². The Hall–Kier alpha value is -0.800. The van der Waals surface area contributed by atoms with Gasteiger partial charge in [0.2, 0.25) is 0 Å². The molecular formula is C12H19ClN2O. The van der Waals surface area contributed by atoms with Crippen LogP contribution in [0.5, 0.6) is 5.75 Å². The Morgan fingerprint density at radius 2 is 2.19 bits per heavy atom. The Bertz CT molecular complexity index is 355. The number of halogens is 1. The highest BCUT2D eigenvalue weighted by Crippen LogP contribution is 2.23. The normalized spacial score (nSPS) is 12.6. The van der Waals surface area contributed by atoms with Gasteiger partial charge in [0.25, 0.3) is 0 Å². The van der Waals surface area contributed by atoms with Crippen LogP contribution in [0, 0.1) is 13.8 Å². The Labute approximate surface area is 102 Å². The van der Waals surface area contributed by atoms with E-state index in [9.17, 15) is 0 Å². The topological polar surface area (TPSA) is 34.1 Å². The summed E-state index contributed by atoms with van der Waals surface area (Å²) in [4.78, 5) is 4.41. The Kier molecular flexibility index (Phi) is 5.03. The molecule has 1 N–H and O–H groups in total. The van der Waals surface area contributed by atoms with Crippen molar-refractivity contribution in [3.8, 4) is 5.75 Å². The van der Waals surface area contributed by atoms with Crippen LogP contribution < -0.4 is 10.1 Å². The number of nitrogens with one attached hydrogen (secondary N) is 1. The van der Waals surface area contributed by atoms with Crippen molar-refractivity contribution >= 4 is 11.6 Å². The Morgan fingerprint density at radius 1 is 1.50 bits per heavy atom. The highest BCUT2D eigenvalue weighted by Gasteiger charge is 2.09. The molecule has 1 rings (SSSR count). The number of methoxy groups -OCH3 is 1. The van der Waals surface area contributed by atoms with E-state index in [0.717, 1.165) is 29.1 Å². The lowest BCUT2D eigenvalue weighted by molar-refractivity contribution is 0.406. The first-order chi connectivity index (χ1) is 7.60. The van der Waals surface area contributed by atoms with Crippen molar-refractivity contribution in [2.24, 2.45) is 0 Å². The monoisotopic (exact) mass is 242 g/mol. The molecule has 0 radical (unpaired) electrons. The summed E-state index contributed by atoms with van der Waals surface area (Å²) in [6, 6.07) is 0.287. The summed E-state index contributed by atoms with van der Waals surface area (Å²) in [7, 11) is 1.69. The number of hydrogen-bond acceptors (Lipinski definition) is 3. The SMILES string of the molecule is COc1c(C)cnc(CNC(C)CCl)c1C. The average molecular weight is 243 g/mol. The van der Waals surface area contributed by atoms with Gasteiger partial charge in [-0.15, -0.1) is 11.6 Å². The van der Waals surface area contributed by atoms with Gasteiger partial charge in [0.05, 0.1) is 12.8 Å². The fourth-order valence-corrected chi connectivity index (χ4v) is 1.68. The Balaban J connectivity index is 2.81. The summed E-state index contributed by atoms with van der Waals surface area (Å²) in [5.41, 5.74) is 3.17. The summed E-state index contributed by atoms with van der Waals surface area (Å²) in [6.45, 7) is 6.79. The predicted molar refractivity (Wildman–Crippen MR) is 67.3 cm³/mol. The molecule has 1 atom stereocenters. The van der Waals surface area contributed by atoms with Crippen molar-refractivity contribution in [2.45, 2.75) is 33.4 Å². The van der Waals surface area contributed by atoms with Gasteiger partial charge in [0.15, 0.2) is 0 Å². The minimum atomic E-state index is 0.287. The maximum atomic E-state index is 5.73. The number of aromatic nitrogens is 1. The third-order valence-corrected chi connectivity index (χ3v) is 3.06. The molecule has 1 unspecified atom stereocenters. The van der Waals surface area contributed by atoms with Crippen molar-refractivity contribution in [3.63, 3.8) is 0 Å². The average Bonchev–Trinajstić information content (AvgIpc) is 2.28. The summed E-state index contributed by atoms with van der Waals surface area (Å²) in [6.07, 6.45) is 1.84. The van der Waals surface area contributed by atoms with E-state index in [0.29, 0.717) is 5.88 Å². The second-order valence-corrected chi connectivity index (χ2v) is 4.29. The molecule has 0 bridgehead atoms. The molecule has 0 aliphatic carbocycles. The minimum Gasteiger partial charge on any atom is -0.496 e. The van der Waals surface area contributed by atoms with Gasteiger partial charge in [-0.05, 0) is 20.8 Å². The molecule has 16 heavy (non-hydrogen) atoms. The first-order valence-electron chi connectivity index (χ1n) is 5.38. The summed E-state index contributed by atoms with van der Waals surface area (Å²) < 4.78 is 5.36. The van der Waals surface area contributed by atoms with Crippen LogP contribution in [-0.2, 0) is 6.54 Å². The molecule has 0 saturated carbocycles. The van der Waals surface area contributed by atoms with E-state index in [1.54, 1.807) is 7.11 Å². The summed E-state index contributed by atoms with van der Waals surface area (Å²) in [5.74, 6) is 1.52. The highest BCUT2D eigenvalue weighted by molar-refractivity contribution is 6.18. The fraction of sp³-hybridized carbons (Fsp3) is 0.583. The summed E-state index contributed by atoms with van der Waals surface area (Å²) >= 11 is 5.73. The fourth-order valence-electron chi connectivity index (χ4n) is 1.57. The van der Waals surface area contributed by atoms with E-state index in [1.165, 1.54) is 0 Å². The number of nitrogens with zero attached hydrogens (tertiary/aromatic N) is 1. The van der Waals surface area contributed by atoms with Crippen molar-refractivity contribution < 1.29 is 4.74 Å². The predicted octanol–water partition coefficient (Wildman–Crippen LogP) is 2.42. The molecule has 0 fully saturated rings. The smallest absolute Gasteiger partial charge is 0.128 e. The molecule has 1 aromatic heterocycles. The first-order valence-corrected chi connectivity index (χ1v) is 5.92. The molecule has 0 spiro atoms. The van der Waals surface area contributed by atoms with E-state index in [-0.39, 0.29) is 6.04 Å². The lowest BCUT2D eigenvalue weighted by Crippen LogP contribution is -2.27. The third-order valence-electron chi connectivity index (χ3n) is 2.60. The van der Waals surface area contributed by atoms with Gasteiger partial charge in [0, 0.05) is 35.8 Å². The van der Waals surface area contributed by atoms with Crippen LogP contribution in [0.3, 0.4) is 0 Å². The van der Waals surface area contributed by atoms with Crippen LogP contribution in [0.4, 0.5) is 0 Å². The molecule has 1 aromatic rings. The number of hydrogen-bond donors (Lipinski definition) is 1. The highest BCUT2D eigenvalue weighted by atomic mass is 35.5. The number of rotatable bonds is 5. The van der Waals surface area contributed by atoms with Crippen molar-refractivity contribution in [1.82, 2.24) is 10.3 Å². The van der Waals surface area contributed by atoms with Crippen LogP contribution in [0.1, 0.15) is 23.7 Å². The van der Waals surface area contributed by atoms with Crippen molar-refractivity contribution in [2.75, 3.05) is 13.0 Å². The van der Waals surface area contributed by atoms with Gasteiger partial charge in [-0.1, -0.05) is 0 Å². The van der Waals surface area contributed by atoms with Crippen LogP contribution in [0.2, 0.25) is 0 Å². The molecule has 3 nitrogen and oxygen atoms in total. The molecule has 1 heterocycles. The van der Waals surface area contributed by atoms with Gasteiger partial charge in [-0.3, -0.25) is 4.98 Å². The van der Waals surface area contributed by atoms with Crippen LogP contribution in [-0.4, -0.2) is 24.0 Å². The standard InChI is InChI=1S/C12H19ClN2O/c1-8-6-15-11(7-14-9(2)5-13)10(3)12(8)16-4/h6,9,14H,5,7H2,1-4H3. The van der Waals surface area contributed by atoms with Gasteiger partial charge < -0.3 is 10.1 Å². The van der Waals surface area contributed by atoms with E-state index in [2.05, 4.69) is 10.3 Å². The number of ether oxygens (including phenoxy) is 1. The molecule has 0 aliphatic heterocycles. The number of pyridine rings is 1. The minimum absolute atomic E-state index is 0.287. The molecule has 4 heteroatoms. The van der Waals surface area contributed by atoms with Crippen LogP contribution >= 0.6 is 11.6 Å². The number of alkyl halides is 1. The zero-order valence-corrected chi connectivity index (χ0v) is 11.1. The quantitative estimate of drug-likeness (QED) is 0.806. The molecule has 0 saturated heterocycles. The molecule has 0 aromatic carbocycles. The maximum Gasteiger partial charge on any atom is 0.128 e. The Morgan fingerprint density at radius 3 is 2.75 bits per heavy atom. The third kappa shape index (κ3) is 3.09. The molecular weight excluding hydrogens is 224 g/mol. The largest absolute Gasteiger partial charge is 0.496 e. The lowest BCUT2D eigenvalue weighted by Gasteiger charge is -2.14. The summed E-state index contributed by atoms with van der Waals surface area (Å²) in [5, 5.41) is 3.31. The van der Waals surface area contributed by atoms with Gasteiger partial charge >= 0.3 is 0 Å². The first kappa shape index (κ1) is 13.3. The van der Waals surface area contributed by atoms with Gasteiger partial charge in [-0.25, -0.2) is 0 Å². The van der Waals surface area contributed by atoms with Gasteiger partial charge in [-0.2, -0.15) is 0 Å². The van der Waals surface area contributed by atoms with Crippen molar-refractivity contribution in [1.29, 1.82) is 0 Å². The molecule has 90 valence electrons. The van der Waals surface area contributed by atoms with Crippen molar-refractivity contribution in [3.05, 3.63) is 23.0 Å². The van der Waals surface area contributed by atoms with E-state index < -0.39 is 0 Å². The molecule has 0 amide bonds. The van der Waals surface area contributed by atoms with Crippen LogP contribution in [0.15, 0.2) is 6.20 Å². The van der Waals surface area contributed by atoms with Gasteiger partial charge in [0.1, 0.15) is 5.75 Å². The number of aryl methyl sites for hydroxylation is 1.